The molecule has 0 atom stereocenters. The summed E-state index contributed by atoms with van der Waals surface area (Å²) in [5.41, 5.74) is 1.24. The van der Waals surface area contributed by atoms with Crippen molar-refractivity contribution >= 4 is 11.3 Å². The molecule has 0 aliphatic rings. The number of benzene rings is 1. The van der Waals surface area contributed by atoms with Crippen LogP contribution in [0.3, 0.4) is 0 Å². The first-order chi connectivity index (χ1) is 9.69. The minimum Gasteiger partial charge on any atom is -0.486 e. The SMILES string of the molecule is CCc1ccccc1OCc1ncc(CNC(C)C)s1. The zero-order chi connectivity index (χ0) is 14.4. The lowest BCUT2D eigenvalue weighted by Gasteiger charge is -2.08. The van der Waals surface area contributed by atoms with Gasteiger partial charge in [-0.15, -0.1) is 11.3 Å². The molecule has 1 heterocycles. The highest BCUT2D eigenvalue weighted by atomic mass is 32.1. The molecule has 1 aromatic carbocycles. The minimum atomic E-state index is 0.494. The van der Waals surface area contributed by atoms with Crippen molar-refractivity contribution in [3.05, 3.63) is 45.9 Å². The molecule has 0 bridgehead atoms. The maximum atomic E-state index is 5.88. The number of aromatic nitrogens is 1. The van der Waals surface area contributed by atoms with Crippen molar-refractivity contribution in [1.82, 2.24) is 10.3 Å². The average molecular weight is 290 g/mol. The van der Waals surface area contributed by atoms with Gasteiger partial charge in [0.15, 0.2) is 0 Å². The molecule has 2 aromatic rings. The third kappa shape index (κ3) is 4.32. The molecule has 108 valence electrons. The van der Waals surface area contributed by atoms with Gasteiger partial charge >= 0.3 is 0 Å². The topological polar surface area (TPSA) is 34.1 Å². The predicted octanol–water partition coefficient (Wildman–Crippen LogP) is 3.78. The normalized spacial score (nSPS) is 11.0. The third-order valence-electron chi connectivity index (χ3n) is 2.99. The maximum Gasteiger partial charge on any atom is 0.140 e. The molecule has 0 amide bonds. The van der Waals surface area contributed by atoms with Gasteiger partial charge in [-0.3, -0.25) is 0 Å². The molecule has 4 heteroatoms. The van der Waals surface area contributed by atoms with Crippen LogP contribution in [-0.2, 0) is 19.6 Å². The van der Waals surface area contributed by atoms with E-state index in [1.54, 1.807) is 11.3 Å². The van der Waals surface area contributed by atoms with Crippen molar-refractivity contribution in [1.29, 1.82) is 0 Å². The summed E-state index contributed by atoms with van der Waals surface area (Å²) in [6, 6.07) is 8.68. The second-order valence-electron chi connectivity index (χ2n) is 5.01. The number of aryl methyl sites for hydroxylation is 1. The molecular weight excluding hydrogens is 268 g/mol. The molecule has 1 aromatic heterocycles. The number of nitrogens with zero attached hydrogens (tertiary/aromatic N) is 1. The van der Waals surface area contributed by atoms with Gasteiger partial charge in [0, 0.05) is 23.7 Å². The Labute approximate surface area is 125 Å². The minimum absolute atomic E-state index is 0.494. The summed E-state index contributed by atoms with van der Waals surface area (Å²) in [5, 5.41) is 4.42. The summed E-state index contributed by atoms with van der Waals surface area (Å²) in [6.45, 7) is 7.85. The van der Waals surface area contributed by atoms with Crippen LogP contribution in [-0.4, -0.2) is 11.0 Å². The fourth-order valence-corrected chi connectivity index (χ4v) is 2.66. The van der Waals surface area contributed by atoms with Gasteiger partial charge in [0.25, 0.3) is 0 Å². The van der Waals surface area contributed by atoms with Gasteiger partial charge in [0.2, 0.25) is 0 Å². The number of rotatable bonds is 7. The number of para-hydroxylation sites is 1. The van der Waals surface area contributed by atoms with Crippen LogP contribution in [0.5, 0.6) is 5.75 Å². The summed E-state index contributed by atoms with van der Waals surface area (Å²) >= 11 is 1.71. The molecule has 0 saturated carbocycles. The highest BCUT2D eigenvalue weighted by Crippen LogP contribution is 2.21. The maximum absolute atomic E-state index is 5.88. The van der Waals surface area contributed by atoms with E-state index in [9.17, 15) is 0 Å². The summed E-state index contributed by atoms with van der Waals surface area (Å²) in [7, 11) is 0. The lowest BCUT2D eigenvalue weighted by molar-refractivity contribution is 0.302. The summed E-state index contributed by atoms with van der Waals surface area (Å²) in [5.74, 6) is 0.965. The fourth-order valence-electron chi connectivity index (χ4n) is 1.88. The van der Waals surface area contributed by atoms with Gasteiger partial charge in [-0.1, -0.05) is 39.0 Å². The molecule has 0 saturated heterocycles. The first-order valence-corrected chi connectivity index (χ1v) is 7.88. The van der Waals surface area contributed by atoms with E-state index in [4.69, 9.17) is 4.74 Å². The molecule has 0 aliphatic carbocycles. The Bertz CT molecular complexity index is 537. The highest BCUT2D eigenvalue weighted by Gasteiger charge is 2.05. The molecule has 3 nitrogen and oxygen atoms in total. The molecule has 1 N–H and O–H groups in total. The lowest BCUT2D eigenvalue weighted by Crippen LogP contribution is -2.21. The number of ether oxygens (including phenoxy) is 1. The van der Waals surface area contributed by atoms with Crippen LogP contribution in [0.2, 0.25) is 0 Å². The molecular formula is C16H22N2OS. The van der Waals surface area contributed by atoms with E-state index in [1.807, 2.05) is 24.4 Å². The third-order valence-corrected chi connectivity index (χ3v) is 3.96. The van der Waals surface area contributed by atoms with E-state index in [0.29, 0.717) is 12.6 Å². The van der Waals surface area contributed by atoms with E-state index in [2.05, 4.69) is 37.1 Å². The Morgan fingerprint density at radius 3 is 2.85 bits per heavy atom. The van der Waals surface area contributed by atoms with Crippen LogP contribution >= 0.6 is 11.3 Å². The van der Waals surface area contributed by atoms with Crippen molar-refractivity contribution in [3.63, 3.8) is 0 Å². The standard InChI is InChI=1S/C16H22N2OS/c1-4-13-7-5-6-8-15(13)19-11-16-18-10-14(20-16)9-17-12(2)3/h5-8,10,12,17H,4,9,11H2,1-3H3. The van der Waals surface area contributed by atoms with Gasteiger partial charge in [-0.05, 0) is 18.1 Å². The summed E-state index contributed by atoms with van der Waals surface area (Å²) < 4.78 is 5.88. The Balaban J connectivity index is 1.91. The van der Waals surface area contributed by atoms with E-state index < -0.39 is 0 Å². The van der Waals surface area contributed by atoms with Crippen molar-refractivity contribution in [2.24, 2.45) is 0 Å². The van der Waals surface area contributed by atoms with Crippen LogP contribution in [0.4, 0.5) is 0 Å². The van der Waals surface area contributed by atoms with E-state index in [0.717, 1.165) is 23.7 Å². The Hall–Kier alpha value is -1.39. The Morgan fingerprint density at radius 1 is 1.30 bits per heavy atom. The number of nitrogens with one attached hydrogen (secondary N) is 1. The predicted molar refractivity (Wildman–Crippen MR) is 84.2 cm³/mol. The van der Waals surface area contributed by atoms with Gasteiger partial charge in [0.1, 0.15) is 17.4 Å². The molecule has 20 heavy (non-hydrogen) atoms. The van der Waals surface area contributed by atoms with E-state index >= 15 is 0 Å². The largest absolute Gasteiger partial charge is 0.486 e. The van der Waals surface area contributed by atoms with Gasteiger partial charge in [0.05, 0.1) is 0 Å². The first-order valence-electron chi connectivity index (χ1n) is 7.06. The zero-order valence-corrected chi connectivity index (χ0v) is 13.2. The van der Waals surface area contributed by atoms with Crippen LogP contribution in [0, 0.1) is 0 Å². The fraction of sp³-hybridized carbons (Fsp3) is 0.438. The van der Waals surface area contributed by atoms with Gasteiger partial charge < -0.3 is 10.1 Å². The van der Waals surface area contributed by atoms with Gasteiger partial charge in [-0.25, -0.2) is 4.98 Å². The number of hydrogen-bond acceptors (Lipinski definition) is 4. The molecule has 0 radical (unpaired) electrons. The quantitative estimate of drug-likeness (QED) is 0.842. The van der Waals surface area contributed by atoms with Crippen LogP contribution in [0.1, 0.15) is 36.2 Å². The molecule has 0 aliphatic heterocycles. The summed E-state index contributed by atoms with van der Waals surface area (Å²) in [6.07, 6.45) is 2.92. The second-order valence-corrected chi connectivity index (χ2v) is 6.21. The van der Waals surface area contributed by atoms with Gasteiger partial charge in [-0.2, -0.15) is 0 Å². The van der Waals surface area contributed by atoms with E-state index in [1.165, 1.54) is 10.4 Å². The Kier molecular flexibility index (Phi) is 5.56. The van der Waals surface area contributed by atoms with Crippen molar-refractivity contribution in [2.75, 3.05) is 0 Å². The van der Waals surface area contributed by atoms with Crippen LogP contribution in [0.25, 0.3) is 0 Å². The van der Waals surface area contributed by atoms with Crippen LogP contribution < -0.4 is 10.1 Å². The Morgan fingerprint density at radius 2 is 2.10 bits per heavy atom. The van der Waals surface area contributed by atoms with Crippen molar-refractivity contribution < 1.29 is 4.74 Å². The van der Waals surface area contributed by atoms with Crippen molar-refractivity contribution in [2.45, 2.75) is 46.4 Å². The number of hydrogen-bond donors (Lipinski definition) is 1. The smallest absolute Gasteiger partial charge is 0.140 e. The molecule has 0 fully saturated rings. The highest BCUT2D eigenvalue weighted by molar-refractivity contribution is 7.11. The molecule has 0 unspecified atom stereocenters. The monoisotopic (exact) mass is 290 g/mol. The lowest BCUT2D eigenvalue weighted by atomic mass is 10.1. The second kappa shape index (κ2) is 7.41. The zero-order valence-electron chi connectivity index (χ0n) is 12.3. The van der Waals surface area contributed by atoms with E-state index in [-0.39, 0.29) is 0 Å². The average Bonchev–Trinajstić information content (AvgIpc) is 2.91. The van der Waals surface area contributed by atoms with Crippen molar-refractivity contribution in [3.8, 4) is 5.75 Å². The summed E-state index contributed by atoms with van der Waals surface area (Å²) in [4.78, 5) is 5.67. The number of thiazole rings is 1. The molecule has 0 spiro atoms. The van der Waals surface area contributed by atoms with Crippen LogP contribution in [0.15, 0.2) is 30.5 Å². The first kappa shape index (κ1) is 15.0. The molecule has 2 rings (SSSR count).